The van der Waals surface area contributed by atoms with Crippen LogP contribution < -0.4 is 0 Å². The summed E-state index contributed by atoms with van der Waals surface area (Å²) in [6.07, 6.45) is 6.41. The quantitative estimate of drug-likeness (QED) is 0.478. The molecule has 0 bridgehead atoms. The number of carbonyl (C=O) groups excluding carboxylic acids is 1. The maximum Gasteiger partial charge on any atom is 0.221 e. The van der Waals surface area contributed by atoms with Gasteiger partial charge in [-0.1, -0.05) is 32.6 Å². The van der Waals surface area contributed by atoms with Gasteiger partial charge in [-0.05, 0) is 18.0 Å². The molecule has 0 amide bonds. The summed E-state index contributed by atoms with van der Waals surface area (Å²) < 4.78 is 0. The van der Waals surface area contributed by atoms with Crippen molar-refractivity contribution in [3.8, 4) is 0 Å². The average molecular weight is 203 g/mol. The number of halogens is 1. The van der Waals surface area contributed by atoms with E-state index >= 15 is 0 Å². The van der Waals surface area contributed by atoms with Crippen molar-refractivity contribution in [3.05, 3.63) is 0 Å². The van der Waals surface area contributed by atoms with E-state index in [9.17, 15) is 4.79 Å². The second kappa shape index (κ2) is 11.2. The minimum Gasteiger partial charge on any atom is -0.281 e. The Morgan fingerprint density at radius 3 is 2.18 bits per heavy atom. The molecule has 0 aliphatic carbocycles. The zero-order valence-electron chi connectivity index (χ0n) is 6.88. The van der Waals surface area contributed by atoms with Crippen LogP contribution in [-0.2, 0) is 4.79 Å². The van der Waals surface area contributed by atoms with Crippen molar-refractivity contribution >= 4 is 16.8 Å². The molecular weight excluding hydrogens is 187 g/mol. The standard InChI is InChI=1S/C8H15ClO.Ar/c1-2-3-4-5-6-7-8(9)10;/h2-7H2,1H3;. The summed E-state index contributed by atoms with van der Waals surface area (Å²) in [6, 6.07) is 0. The SMILES string of the molecule is CCCCCCCC(=O)Cl.[Ar]. The zero-order valence-corrected chi connectivity index (χ0v) is 8.35. The Morgan fingerprint density at radius 2 is 1.73 bits per heavy atom. The van der Waals surface area contributed by atoms with E-state index < -0.39 is 0 Å². The van der Waals surface area contributed by atoms with Crippen molar-refractivity contribution in [1.82, 2.24) is 0 Å². The van der Waals surface area contributed by atoms with Gasteiger partial charge in [0.05, 0.1) is 0 Å². The Labute approximate surface area is 104 Å². The van der Waals surface area contributed by atoms with E-state index in [2.05, 4.69) is 6.92 Å². The number of hydrogen-bond donors (Lipinski definition) is 0. The monoisotopic (exact) mass is 202 g/mol. The van der Waals surface area contributed by atoms with Crippen LogP contribution in [-0.4, -0.2) is 5.24 Å². The molecule has 0 spiro atoms. The molecule has 0 aliphatic rings. The predicted molar refractivity (Wildman–Crippen MR) is 44.2 cm³/mol. The molecule has 3 heteroatoms. The van der Waals surface area contributed by atoms with E-state index in [1.165, 1.54) is 19.3 Å². The van der Waals surface area contributed by atoms with E-state index in [1.54, 1.807) is 0 Å². The first kappa shape index (κ1) is 14.7. The van der Waals surface area contributed by atoms with E-state index in [4.69, 9.17) is 11.6 Å². The molecule has 0 N–H and O–H groups in total. The molecule has 0 aliphatic heterocycles. The van der Waals surface area contributed by atoms with Gasteiger partial charge < -0.3 is 0 Å². The van der Waals surface area contributed by atoms with Gasteiger partial charge in [0.1, 0.15) is 0 Å². The molecule has 0 aromatic heterocycles. The minimum absolute atomic E-state index is 0. The van der Waals surface area contributed by atoms with Crippen LogP contribution in [0.5, 0.6) is 0 Å². The van der Waals surface area contributed by atoms with Gasteiger partial charge in [-0.3, -0.25) is 4.79 Å². The second-order valence-corrected chi connectivity index (χ2v) is 2.94. The zero-order chi connectivity index (χ0) is 7.82. The van der Waals surface area contributed by atoms with Crippen LogP contribution in [0.2, 0.25) is 0 Å². The molecule has 0 aromatic rings. The van der Waals surface area contributed by atoms with Crippen LogP contribution in [0.3, 0.4) is 0 Å². The van der Waals surface area contributed by atoms with Crippen LogP contribution in [0.1, 0.15) is 45.4 Å². The van der Waals surface area contributed by atoms with Gasteiger partial charge in [0.15, 0.2) is 0 Å². The molecule has 1 nitrogen and oxygen atoms in total. The van der Waals surface area contributed by atoms with Gasteiger partial charge in [0.25, 0.3) is 0 Å². The summed E-state index contributed by atoms with van der Waals surface area (Å²) in [6.45, 7) is 2.17. The van der Waals surface area contributed by atoms with Crippen molar-refractivity contribution in [2.75, 3.05) is 0 Å². The molecule has 0 aromatic carbocycles. The summed E-state index contributed by atoms with van der Waals surface area (Å²) in [5.41, 5.74) is 0. The van der Waals surface area contributed by atoms with Gasteiger partial charge in [0, 0.05) is 44.2 Å². The first-order valence-corrected chi connectivity index (χ1v) is 4.33. The predicted octanol–water partition coefficient (Wildman–Crippen LogP) is 3.11. The summed E-state index contributed by atoms with van der Waals surface area (Å²) in [4.78, 5) is 10.2. The molecule has 0 radical (unpaired) electrons. The normalized spacial score (nSPS) is 8.91. The number of unbranched alkanes of at least 4 members (excludes halogenated alkanes) is 4. The summed E-state index contributed by atoms with van der Waals surface area (Å²) in [7, 11) is 0. The van der Waals surface area contributed by atoms with Crippen molar-refractivity contribution in [1.29, 1.82) is 0 Å². The Morgan fingerprint density at radius 1 is 1.18 bits per heavy atom. The third-order valence-corrected chi connectivity index (χ3v) is 1.67. The number of rotatable bonds is 6. The van der Waals surface area contributed by atoms with Crippen molar-refractivity contribution in [3.63, 3.8) is 0 Å². The molecule has 0 saturated carbocycles. The molecule has 68 valence electrons. The maximum absolute atomic E-state index is 10.2. The van der Waals surface area contributed by atoms with Crippen molar-refractivity contribution in [2.24, 2.45) is 0 Å². The Bertz CT molecular complexity index is 96.1. The fraction of sp³-hybridized carbons (Fsp3) is 0.875. The molecule has 0 fully saturated rings. The fourth-order valence-corrected chi connectivity index (χ4v) is 1.00. The molecule has 0 heterocycles. The summed E-state index contributed by atoms with van der Waals surface area (Å²) >= 11 is 5.15. The first-order valence-electron chi connectivity index (χ1n) is 3.95. The Hall–Kier alpha value is 1.22. The van der Waals surface area contributed by atoms with Gasteiger partial charge in [-0.2, -0.15) is 0 Å². The van der Waals surface area contributed by atoms with Crippen LogP contribution in [0.4, 0.5) is 0 Å². The molecule has 0 unspecified atom stereocenters. The average Bonchev–Trinajstić information content (AvgIpc) is 1.87. The smallest absolute Gasteiger partial charge is 0.221 e. The van der Waals surface area contributed by atoms with Gasteiger partial charge in [-0.25, -0.2) is 0 Å². The van der Waals surface area contributed by atoms with E-state index in [1.807, 2.05) is 0 Å². The third-order valence-electron chi connectivity index (χ3n) is 1.48. The third kappa shape index (κ3) is 14.1. The second-order valence-electron chi connectivity index (χ2n) is 2.52. The Balaban J connectivity index is 0. The van der Waals surface area contributed by atoms with E-state index in [-0.39, 0.29) is 43.0 Å². The van der Waals surface area contributed by atoms with E-state index in [0.717, 1.165) is 12.8 Å². The topological polar surface area (TPSA) is 17.1 Å². The van der Waals surface area contributed by atoms with Gasteiger partial charge in [0.2, 0.25) is 5.24 Å². The van der Waals surface area contributed by atoms with Crippen molar-refractivity contribution in [2.45, 2.75) is 45.4 Å². The molecule has 0 rings (SSSR count). The largest absolute Gasteiger partial charge is 0.281 e. The first-order chi connectivity index (χ1) is 4.77. The summed E-state index contributed by atoms with van der Waals surface area (Å²) in [5.74, 6) is 0. The molecule has 0 saturated heterocycles. The Kier molecular flexibility index (Phi) is 15.0. The molecule has 0 atom stereocenters. The number of carbonyl (C=O) groups is 1. The molecule has 11 heavy (non-hydrogen) atoms. The van der Waals surface area contributed by atoms with Gasteiger partial charge in [-0.15, -0.1) is 0 Å². The number of hydrogen-bond acceptors (Lipinski definition) is 1. The minimum atomic E-state index is -0.198. The van der Waals surface area contributed by atoms with Crippen LogP contribution in [0.15, 0.2) is 0 Å². The van der Waals surface area contributed by atoms with Crippen LogP contribution in [0, 0.1) is 37.7 Å². The maximum atomic E-state index is 10.2. The van der Waals surface area contributed by atoms with E-state index in [0.29, 0.717) is 6.42 Å². The van der Waals surface area contributed by atoms with Crippen LogP contribution in [0.25, 0.3) is 0 Å². The van der Waals surface area contributed by atoms with Crippen LogP contribution >= 0.6 is 11.6 Å². The summed E-state index contributed by atoms with van der Waals surface area (Å²) in [5, 5.41) is -0.198. The fourth-order valence-electron chi connectivity index (χ4n) is 0.868. The van der Waals surface area contributed by atoms with Gasteiger partial charge >= 0.3 is 0 Å². The van der Waals surface area contributed by atoms with Crippen molar-refractivity contribution < 1.29 is 42.5 Å². The molecular formula is C8H15ArClO.